The van der Waals surface area contributed by atoms with Crippen molar-refractivity contribution >= 4 is 11.6 Å². The van der Waals surface area contributed by atoms with Crippen LogP contribution >= 0.6 is 0 Å². The monoisotopic (exact) mass is 317 g/mol. The standard InChI is InChI=1S/C14H13N3O4.C2H6/c1-9-3-4-10(17(19)20)7-13(9)21-11-5-6-16-12(8-11)14(18)15-2;1-2/h3-8H,1-2H3,(H,15,18);1-2H3. The third-order valence-corrected chi connectivity index (χ3v) is 2.80. The van der Waals surface area contributed by atoms with Crippen molar-refractivity contribution in [2.45, 2.75) is 20.8 Å². The highest BCUT2D eigenvalue weighted by atomic mass is 16.6. The first kappa shape index (κ1) is 18.1. The molecule has 0 saturated carbocycles. The highest BCUT2D eigenvalue weighted by molar-refractivity contribution is 5.92. The van der Waals surface area contributed by atoms with Crippen molar-refractivity contribution in [3.05, 3.63) is 57.9 Å². The molecule has 0 aliphatic carbocycles. The number of ether oxygens (including phenoxy) is 1. The van der Waals surface area contributed by atoms with Crippen LogP contribution in [-0.4, -0.2) is 22.9 Å². The van der Waals surface area contributed by atoms with Crippen molar-refractivity contribution in [2.24, 2.45) is 0 Å². The zero-order valence-corrected chi connectivity index (χ0v) is 13.5. The molecule has 0 bridgehead atoms. The maximum Gasteiger partial charge on any atom is 0.273 e. The Hall–Kier alpha value is -2.96. The number of benzene rings is 1. The fourth-order valence-electron chi connectivity index (χ4n) is 1.67. The number of nitro groups is 1. The fourth-order valence-corrected chi connectivity index (χ4v) is 1.67. The molecular weight excluding hydrogens is 298 g/mol. The maximum atomic E-state index is 11.5. The van der Waals surface area contributed by atoms with Gasteiger partial charge in [0, 0.05) is 25.4 Å². The number of nitrogens with zero attached hydrogens (tertiary/aromatic N) is 2. The number of carbonyl (C=O) groups is 1. The molecule has 1 heterocycles. The molecular formula is C16H19N3O4. The zero-order valence-electron chi connectivity index (χ0n) is 13.5. The molecule has 1 aromatic carbocycles. The molecule has 0 saturated heterocycles. The van der Waals surface area contributed by atoms with Gasteiger partial charge in [-0.1, -0.05) is 13.8 Å². The number of rotatable bonds is 4. The molecule has 1 N–H and O–H groups in total. The van der Waals surface area contributed by atoms with E-state index in [0.717, 1.165) is 5.56 Å². The Balaban J connectivity index is 0.00000127. The lowest BCUT2D eigenvalue weighted by molar-refractivity contribution is -0.384. The number of pyridine rings is 1. The first-order valence-corrected chi connectivity index (χ1v) is 7.12. The van der Waals surface area contributed by atoms with Gasteiger partial charge in [-0.25, -0.2) is 0 Å². The quantitative estimate of drug-likeness (QED) is 0.688. The van der Waals surface area contributed by atoms with Gasteiger partial charge in [0.05, 0.1) is 11.0 Å². The lowest BCUT2D eigenvalue weighted by Crippen LogP contribution is -2.18. The number of nitrogens with one attached hydrogen (secondary N) is 1. The summed E-state index contributed by atoms with van der Waals surface area (Å²) in [6.07, 6.45) is 1.44. The summed E-state index contributed by atoms with van der Waals surface area (Å²) in [5.74, 6) is 0.404. The van der Waals surface area contributed by atoms with Crippen LogP contribution in [0.25, 0.3) is 0 Å². The van der Waals surface area contributed by atoms with Gasteiger partial charge in [-0.3, -0.25) is 19.9 Å². The molecule has 0 aliphatic rings. The van der Waals surface area contributed by atoms with Gasteiger partial charge in [0.1, 0.15) is 17.2 Å². The van der Waals surface area contributed by atoms with Crippen LogP contribution in [0.15, 0.2) is 36.5 Å². The van der Waals surface area contributed by atoms with Crippen molar-refractivity contribution in [1.29, 1.82) is 0 Å². The molecule has 0 aliphatic heterocycles. The molecule has 122 valence electrons. The minimum atomic E-state index is -0.491. The van der Waals surface area contributed by atoms with Crippen molar-refractivity contribution in [1.82, 2.24) is 10.3 Å². The molecule has 0 unspecified atom stereocenters. The van der Waals surface area contributed by atoms with Gasteiger partial charge in [-0.15, -0.1) is 0 Å². The van der Waals surface area contributed by atoms with Gasteiger partial charge in [0.15, 0.2) is 0 Å². The van der Waals surface area contributed by atoms with E-state index >= 15 is 0 Å². The lowest BCUT2D eigenvalue weighted by Gasteiger charge is -2.09. The van der Waals surface area contributed by atoms with E-state index in [4.69, 9.17) is 4.74 Å². The Bertz CT molecular complexity index is 701. The van der Waals surface area contributed by atoms with Crippen molar-refractivity contribution in [2.75, 3.05) is 7.05 Å². The summed E-state index contributed by atoms with van der Waals surface area (Å²) in [5, 5.41) is 13.2. The Kier molecular flexibility index (Phi) is 6.67. The van der Waals surface area contributed by atoms with Crippen LogP contribution in [0.5, 0.6) is 11.5 Å². The van der Waals surface area contributed by atoms with E-state index in [1.54, 1.807) is 19.1 Å². The van der Waals surface area contributed by atoms with E-state index in [-0.39, 0.29) is 17.3 Å². The minimum Gasteiger partial charge on any atom is -0.457 e. The maximum absolute atomic E-state index is 11.5. The number of nitro benzene ring substituents is 1. The summed E-state index contributed by atoms with van der Waals surface area (Å²) < 4.78 is 5.61. The third-order valence-electron chi connectivity index (χ3n) is 2.80. The second kappa shape index (κ2) is 8.47. The summed E-state index contributed by atoms with van der Waals surface area (Å²) in [5.41, 5.74) is 0.896. The minimum absolute atomic E-state index is 0.0591. The SMILES string of the molecule is CC.CNC(=O)c1cc(Oc2cc([N+](=O)[O-])ccc2C)ccn1. The number of amides is 1. The van der Waals surface area contributed by atoms with E-state index in [9.17, 15) is 14.9 Å². The smallest absolute Gasteiger partial charge is 0.273 e. The predicted molar refractivity (Wildman–Crippen MR) is 86.9 cm³/mol. The van der Waals surface area contributed by atoms with Gasteiger partial charge in [0.2, 0.25) is 0 Å². The highest BCUT2D eigenvalue weighted by Gasteiger charge is 2.12. The summed E-state index contributed by atoms with van der Waals surface area (Å²) >= 11 is 0. The highest BCUT2D eigenvalue weighted by Crippen LogP contribution is 2.28. The second-order valence-corrected chi connectivity index (χ2v) is 4.26. The molecule has 2 aromatic rings. The van der Waals surface area contributed by atoms with E-state index in [1.807, 2.05) is 13.8 Å². The average Bonchev–Trinajstić information content (AvgIpc) is 2.58. The molecule has 0 radical (unpaired) electrons. The van der Waals surface area contributed by atoms with Crippen LogP contribution in [0.1, 0.15) is 29.9 Å². The molecule has 7 nitrogen and oxygen atoms in total. The van der Waals surface area contributed by atoms with Crippen LogP contribution in [0.3, 0.4) is 0 Å². The van der Waals surface area contributed by atoms with Gasteiger partial charge < -0.3 is 10.1 Å². The summed E-state index contributed by atoms with van der Waals surface area (Å²) in [6.45, 7) is 5.78. The third kappa shape index (κ3) is 4.77. The zero-order chi connectivity index (χ0) is 17.4. The van der Waals surface area contributed by atoms with Crippen molar-refractivity contribution < 1.29 is 14.5 Å². The van der Waals surface area contributed by atoms with E-state index < -0.39 is 4.92 Å². The first-order valence-electron chi connectivity index (χ1n) is 7.12. The van der Waals surface area contributed by atoms with Crippen molar-refractivity contribution in [3.8, 4) is 11.5 Å². The molecule has 23 heavy (non-hydrogen) atoms. The number of hydrogen-bond donors (Lipinski definition) is 1. The van der Waals surface area contributed by atoms with Crippen LogP contribution in [0, 0.1) is 17.0 Å². The first-order chi connectivity index (χ1) is 11.0. The Labute approximate surface area is 134 Å². The van der Waals surface area contributed by atoms with Crippen LogP contribution in [0.2, 0.25) is 0 Å². The average molecular weight is 317 g/mol. The molecule has 1 amide bonds. The van der Waals surface area contributed by atoms with E-state index in [2.05, 4.69) is 10.3 Å². The number of aromatic nitrogens is 1. The van der Waals surface area contributed by atoms with Gasteiger partial charge >= 0.3 is 0 Å². The Morgan fingerprint density at radius 1 is 1.26 bits per heavy atom. The van der Waals surface area contributed by atoms with Gasteiger partial charge in [-0.05, 0) is 24.6 Å². The molecule has 0 atom stereocenters. The largest absolute Gasteiger partial charge is 0.457 e. The molecule has 7 heteroatoms. The van der Waals surface area contributed by atoms with Crippen molar-refractivity contribution in [3.63, 3.8) is 0 Å². The fraction of sp³-hybridized carbons (Fsp3) is 0.250. The number of hydrogen-bond acceptors (Lipinski definition) is 5. The van der Waals surface area contributed by atoms with Crippen LogP contribution < -0.4 is 10.1 Å². The number of non-ortho nitro benzene ring substituents is 1. The number of aryl methyl sites for hydroxylation is 1. The summed E-state index contributed by atoms with van der Waals surface area (Å²) in [7, 11) is 1.50. The Morgan fingerprint density at radius 3 is 2.57 bits per heavy atom. The number of carbonyl (C=O) groups excluding carboxylic acids is 1. The summed E-state index contributed by atoms with van der Waals surface area (Å²) in [4.78, 5) is 25.7. The summed E-state index contributed by atoms with van der Waals surface area (Å²) in [6, 6.07) is 7.40. The lowest BCUT2D eigenvalue weighted by atomic mass is 10.2. The van der Waals surface area contributed by atoms with Gasteiger partial charge in [-0.2, -0.15) is 0 Å². The normalized spacial score (nSPS) is 9.39. The Morgan fingerprint density at radius 2 is 1.96 bits per heavy atom. The van der Waals surface area contributed by atoms with E-state index in [0.29, 0.717) is 11.5 Å². The predicted octanol–water partition coefficient (Wildman–Crippen LogP) is 3.48. The second-order valence-electron chi connectivity index (χ2n) is 4.26. The molecule has 1 aromatic heterocycles. The van der Waals surface area contributed by atoms with E-state index in [1.165, 1.54) is 31.4 Å². The topological polar surface area (TPSA) is 94.4 Å². The molecule has 0 fully saturated rings. The van der Waals surface area contributed by atoms with Crippen LogP contribution in [0.4, 0.5) is 5.69 Å². The van der Waals surface area contributed by atoms with Crippen LogP contribution in [-0.2, 0) is 0 Å². The molecule has 0 spiro atoms. The van der Waals surface area contributed by atoms with Gasteiger partial charge in [0.25, 0.3) is 11.6 Å². The molecule has 2 rings (SSSR count).